The third-order valence-corrected chi connectivity index (χ3v) is 4.13. The van der Waals surface area contributed by atoms with Crippen molar-refractivity contribution < 1.29 is 4.74 Å². The molecule has 1 fully saturated rings. The van der Waals surface area contributed by atoms with Crippen molar-refractivity contribution in [3.8, 4) is 0 Å². The van der Waals surface area contributed by atoms with Crippen molar-refractivity contribution in [3.63, 3.8) is 0 Å². The van der Waals surface area contributed by atoms with Crippen molar-refractivity contribution >= 4 is 15.9 Å². The number of likely N-dealkylation sites (N-methyl/N-ethyl adjacent to an activating group) is 1. The largest absolute Gasteiger partial charge is 0.379 e. The molecule has 0 spiro atoms. The predicted octanol–water partition coefficient (Wildman–Crippen LogP) is 2.00. The summed E-state index contributed by atoms with van der Waals surface area (Å²) in [5, 5.41) is 0. The highest BCUT2D eigenvalue weighted by Gasteiger charge is 2.37. The first-order chi connectivity index (χ1) is 8.16. The number of benzene rings is 1. The third kappa shape index (κ3) is 2.88. The molecular formula is C13H19BrN2O. The molecule has 0 aliphatic carbocycles. The van der Waals surface area contributed by atoms with E-state index in [0.717, 1.165) is 30.7 Å². The first-order valence-electron chi connectivity index (χ1n) is 5.90. The maximum atomic E-state index is 5.92. The Balaban J connectivity index is 2.05. The van der Waals surface area contributed by atoms with Crippen LogP contribution >= 0.6 is 15.9 Å². The Bertz CT molecular complexity index is 360. The van der Waals surface area contributed by atoms with E-state index in [-0.39, 0.29) is 5.54 Å². The highest BCUT2D eigenvalue weighted by Crippen LogP contribution is 2.25. The number of hydrogen-bond acceptors (Lipinski definition) is 3. The van der Waals surface area contributed by atoms with E-state index in [0.29, 0.717) is 6.54 Å². The molecule has 1 heterocycles. The average molecular weight is 299 g/mol. The van der Waals surface area contributed by atoms with Gasteiger partial charge < -0.3 is 10.5 Å². The van der Waals surface area contributed by atoms with E-state index in [9.17, 15) is 0 Å². The summed E-state index contributed by atoms with van der Waals surface area (Å²) < 4.78 is 6.61. The molecule has 2 N–H and O–H groups in total. The Hall–Kier alpha value is -0.420. The lowest BCUT2D eigenvalue weighted by molar-refractivity contribution is 0.0882. The molecule has 17 heavy (non-hydrogen) atoms. The van der Waals surface area contributed by atoms with Gasteiger partial charge in [-0.2, -0.15) is 0 Å². The quantitative estimate of drug-likeness (QED) is 0.924. The zero-order valence-corrected chi connectivity index (χ0v) is 11.7. The van der Waals surface area contributed by atoms with Crippen LogP contribution in [0.4, 0.5) is 0 Å². The number of nitrogens with zero attached hydrogens (tertiary/aromatic N) is 1. The summed E-state index contributed by atoms with van der Waals surface area (Å²) in [6.07, 6.45) is 1.02. The summed E-state index contributed by atoms with van der Waals surface area (Å²) in [5.41, 5.74) is 7.24. The van der Waals surface area contributed by atoms with Gasteiger partial charge in [-0.05, 0) is 31.2 Å². The Labute approximate surface area is 111 Å². The van der Waals surface area contributed by atoms with Crippen molar-refractivity contribution in [2.24, 2.45) is 5.73 Å². The molecule has 0 bridgehead atoms. The maximum Gasteiger partial charge on any atom is 0.0663 e. The molecule has 0 radical (unpaired) electrons. The summed E-state index contributed by atoms with van der Waals surface area (Å²) in [6.45, 7) is 3.13. The van der Waals surface area contributed by atoms with Gasteiger partial charge in [-0.15, -0.1) is 0 Å². The lowest BCUT2D eigenvalue weighted by Crippen LogP contribution is -2.52. The highest BCUT2D eigenvalue weighted by atomic mass is 79.9. The van der Waals surface area contributed by atoms with Crippen molar-refractivity contribution in [2.75, 3.05) is 26.8 Å². The summed E-state index contributed by atoms with van der Waals surface area (Å²) in [5.74, 6) is 0. The molecule has 0 aromatic heterocycles. The summed E-state index contributed by atoms with van der Waals surface area (Å²) in [6, 6.07) is 8.42. The normalized spacial score (nSPS) is 24.5. The van der Waals surface area contributed by atoms with E-state index < -0.39 is 0 Å². The minimum absolute atomic E-state index is 0.0209. The molecule has 1 saturated heterocycles. The zero-order chi connectivity index (χ0) is 12.3. The summed E-state index contributed by atoms with van der Waals surface area (Å²) >= 11 is 3.45. The number of hydrogen-bond donors (Lipinski definition) is 1. The minimum atomic E-state index is 0.0209. The average Bonchev–Trinajstić information content (AvgIpc) is 2.82. The van der Waals surface area contributed by atoms with Gasteiger partial charge in [0.25, 0.3) is 0 Å². The van der Waals surface area contributed by atoms with Crippen LogP contribution in [0.15, 0.2) is 28.7 Å². The Kier molecular flexibility index (Phi) is 4.20. The second-order valence-corrected chi connectivity index (χ2v) is 5.63. The highest BCUT2D eigenvalue weighted by molar-refractivity contribution is 9.10. The van der Waals surface area contributed by atoms with Gasteiger partial charge in [-0.3, -0.25) is 4.90 Å². The van der Waals surface area contributed by atoms with Crippen molar-refractivity contribution in [1.29, 1.82) is 0 Å². The Morgan fingerprint density at radius 3 is 2.65 bits per heavy atom. The minimum Gasteiger partial charge on any atom is -0.379 e. The van der Waals surface area contributed by atoms with Gasteiger partial charge in [0.2, 0.25) is 0 Å². The molecule has 1 unspecified atom stereocenters. The van der Waals surface area contributed by atoms with Crippen LogP contribution < -0.4 is 5.73 Å². The molecule has 0 saturated carbocycles. The molecule has 1 aromatic rings. The van der Waals surface area contributed by atoms with Crippen molar-refractivity contribution in [2.45, 2.75) is 18.5 Å². The molecule has 3 nitrogen and oxygen atoms in total. The van der Waals surface area contributed by atoms with Crippen LogP contribution in [0.25, 0.3) is 0 Å². The molecule has 4 heteroatoms. The van der Waals surface area contributed by atoms with Gasteiger partial charge >= 0.3 is 0 Å². The Morgan fingerprint density at radius 1 is 1.41 bits per heavy atom. The monoisotopic (exact) mass is 298 g/mol. The van der Waals surface area contributed by atoms with Gasteiger partial charge in [0.15, 0.2) is 0 Å². The van der Waals surface area contributed by atoms with Gasteiger partial charge in [-0.25, -0.2) is 0 Å². The Morgan fingerprint density at radius 2 is 2.12 bits per heavy atom. The summed E-state index contributed by atoms with van der Waals surface area (Å²) in [4.78, 5) is 2.32. The van der Waals surface area contributed by atoms with Crippen LogP contribution in [-0.4, -0.2) is 37.2 Å². The number of halogens is 1. The molecule has 1 aliphatic rings. The fourth-order valence-electron chi connectivity index (χ4n) is 2.25. The fourth-order valence-corrected chi connectivity index (χ4v) is 2.51. The second-order valence-electron chi connectivity index (χ2n) is 4.71. The first-order valence-corrected chi connectivity index (χ1v) is 6.69. The molecule has 2 rings (SSSR count). The van der Waals surface area contributed by atoms with Crippen LogP contribution in [-0.2, 0) is 11.3 Å². The van der Waals surface area contributed by atoms with Crippen LogP contribution in [0, 0.1) is 0 Å². The lowest BCUT2D eigenvalue weighted by Gasteiger charge is -2.36. The number of rotatable bonds is 4. The van der Waals surface area contributed by atoms with Crippen LogP contribution in [0.3, 0.4) is 0 Å². The fraction of sp³-hybridized carbons (Fsp3) is 0.538. The van der Waals surface area contributed by atoms with Crippen LogP contribution in [0.5, 0.6) is 0 Å². The van der Waals surface area contributed by atoms with E-state index in [2.05, 4.69) is 52.1 Å². The first kappa shape index (κ1) is 13.0. The molecule has 0 amide bonds. The molecule has 94 valence electrons. The molecular weight excluding hydrogens is 280 g/mol. The van der Waals surface area contributed by atoms with Crippen molar-refractivity contribution in [3.05, 3.63) is 34.3 Å². The van der Waals surface area contributed by atoms with E-state index in [1.807, 2.05) is 0 Å². The second kappa shape index (κ2) is 5.48. The summed E-state index contributed by atoms with van der Waals surface area (Å²) in [7, 11) is 2.13. The zero-order valence-electron chi connectivity index (χ0n) is 10.2. The van der Waals surface area contributed by atoms with Gasteiger partial charge in [-0.1, -0.05) is 28.1 Å². The molecule has 1 atom stereocenters. The van der Waals surface area contributed by atoms with Crippen molar-refractivity contribution in [1.82, 2.24) is 4.90 Å². The van der Waals surface area contributed by atoms with Gasteiger partial charge in [0.1, 0.15) is 0 Å². The molecule has 1 aliphatic heterocycles. The van der Waals surface area contributed by atoms with E-state index in [4.69, 9.17) is 10.5 Å². The van der Waals surface area contributed by atoms with Gasteiger partial charge in [0.05, 0.1) is 12.1 Å². The standard InChI is InChI=1S/C13H19BrN2O/c1-16(13(9-15)6-7-17-10-13)8-11-2-4-12(14)5-3-11/h2-5H,6-10,15H2,1H3. The smallest absolute Gasteiger partial charge is 0.0663 e. The van der Waals surface area contributed by atoms with Crippen LogP contribution in [0.1, 0.15) is 12.0 Å². The maximum absolute atomic E-state index is 5.92. The third-order valence-electron chi connectivity index (χ3n) is 3.61. The van der Waals surface area contributed by atoms with Crippen LogP contribution in [0.2, 0.25) is 0 Å². The van der Waals surface area contributed by atoms with E-state index in [1.165, 1.54) is 5.56 Å². The lowest BCUT2D eigenvalue weighted by atomic mass is 9.96. The number of nitrogens with two attached hydrogens (primary N) is 1. The topological polar surface area (TPSA) is 38.5 Å². The predicted molar refractivity (Wildman–Crippen MR) is 72.8 cm³/mol. The van der Waals surface area contributed by atoms with E-state index in [1.54, 1.807) is 0 Å². The van der Waals surface area contributed by atoms with Gasteiger partial charge in [0, 0.05) is 24.2 Å². The van der Waals surface area contributed by atoms with E-state index >= 15 is 0 Å². The SMILES string of the molecule is CN(Cc1ccc(Br)cc1)C1(CN)CCOC1. The number of ether oxygens (including phenoxy) is 1. The molecule has 1 aromatic carbocycles.